The SMILES string of the molecule is CCCCCC(Cl)c1ccc(C)cc1C. The van der Waals surface area contributed by atoms with Gasteiger partial charge in [0.25, 0.3) is 0 Å². The van der Waals surface area contributed by atoms with Gasteiger partial charge in [-0.2, -0.15) is 0 Å². The van der Waals surface area contributed by atoms with Crippen LogP contribution in [-0.2, 0) is 0 Å². The lowest BCUT2D eigenvalue weighted by molar-refractivity contribution is 0.654. The third kappa shape index (κ3) is 3.87. The lowest BCUT2D eigenvalue weighted by atomic mass is 9.99. The highest BCUT2D eigenvalue weighted by Gasteiger charge is 2.09. The van der Waals surface area contributed by atoms with Gasteiger partial charge in [0.05, 0.1) is 5.38 Å². The van der Waals surface area contributed by atoms with E-state index in [9.17, 15) is 0 Å². The van der Waals surface area contributed by atoms with Gasteiger partial charge >= 0.3 is 0 Å². The van der Waals surface area contributed by atoms with Crippen LogP contribution in [0.3, 0.4) is 0 Å². The highest BCUT2D eigenvalue weighted by molar-refractivity contribution is 6.20. The Labute approximate surface area is 98.7 Å². The zero-order valence-corrected chi connectivity index (χ0v) is 10.8. The van der Waals surface area contributed by atoms with Crippen LogP contribution in [0, 0.1) is 13.8 Å². The van der Waals surface area contributed by atoms with E-state index in [1.807, 2.05) is 0 Å². The molecule has 0 aliphatic carbocycles. The molecule has 0 radical (unpaired) electrons. The molecule has 0 aliphatic rings. The van der Waals surface area contributed by atoms with Gasteiger partial charge in [-0.05, 0) is 31.4 Å². The zero-order valence-electron chi connectivity index (χ0n) is 10.0. The van der Waals surface area contributed by atoms with Crippen molar-refractivity contribution in [1.29, 1.82) is 0 Å². The number of hydrogen-bond acceptors (Lipinski definition) is 0. The summed E-state index contributed by atoms with van der Waals surface area (Å²) in [6.07, 6.45) is 4.88. The van der Waals surface area contributed by atoms with E-state index in [2.05, 4.69) is 39.0 Å². The van der Waals surface area contributed by atoms with Crippen LogP contribution in [0.4, 0.5) is 0 Å². The number of rotatable bonds is 5. The molecule has 1 aromatic rings. The molecule has 15 heavy (non-hydrogen) atoms. The first-order valence-electron chi connectivity index (χ1n) is 5.86. The van der Waals surface area contributed by atoms with Gasteiger partial charge in [0.15, 0.2) is 0 Å². The Hall–Kier alpha value is -0.490. The maximum absolute atomic E-state index is 6.40. The summed E-state index contributed by atoms with van der Waals surface area (Å²) in [6.45, 7) is 6.50. The van der Waals surface area contributed by atoms with Crippen molar-refractivity contribution in [3.8, 4) is 0 Å². The Morgan fingerprint density at radius 2 is 1.93 bits per heavy atom. The van der Waals surface area contributed by atoms with Gasteiger partial charge in [0, 0.05) is 0 Å². The molecule has 1 atom stereocenters. The standard InChI is InChI=1S/C14H21Cl/c1-4-5-6-7-14(15)13-9-8-11(2)10-12(13)3/h8-10,14H,4-7H2,1-3H3. The molecule has 1 unspecified atom stereocenters. The Kier molecular flexibility index (Phi) is 5.17. The molecule has 0 aliphatic heterocycles. The molecule has 0 heterocycles. The maximum atomic E-state index is 6.40. The van der Waals surface area contributed by atoms with Crippen LogP contribution in [0.1, 0.15) is 54.7 Å². The first-order chi connectivity index (χ1) is 7.15. The van der Waals surface area contributed by atoms with Gasteiger partial charge in [-0.15, -0.1) is 11.6 Å². The van der Waals surface area contributed by atoms with Crippen LogP contribution in [0.2, 0.25) is 0 Å². The number of hydrogen-bond donors (Lipinski definition) is 0. The molecular weight excluding hydrogens is 204 g/mol. The van der Waals surface area contributed by atoms with Crippen LogP contribution in [0.25, 0.3) is 0 Å². The number of halogens is 1. The van der Waals surface area contributed by atoms with Crippen LogP contribution < -0.4 is 0 Å². The van der Waals surface area contributed by atoms with Crippen molar-refractivity contribution in [2.75, 3.05) is 0 Å². The van der Waals surface area contributed by atoms with E-state index in [1.54, 1.807) is 0 Å². The summed E-state index contributed by atoms with van der Waals surface area (Å²) in [5.74, 6) is 0. The first-order valence-corrected chi connectivity index (χ1v) is 6.30. The third-order valence-corrected chi connectivity index (χ3v) is 3.28. The lowest BCUT2D eigenvalue weighted by Gasteiger charge is -2.13. The maximum Gasteiger partial charge on any atom is 0.0587 e. The molecule has 1 aromatic carbocycles. The Balaban J connectivity index is 2.61. The average molecular weight is 225 g/mol. The third-order valence-electron chi connectivity index (χ3n) is 2.82. The van der Waals surface area contributed by atoms with Gasteiger partial charge in [-0.25, -0.2) is 0 Å². The van der Waals surface area contributed by atoms with Crippen LogP contribution in [-0.4, -0.2) is 0 Å². The molecule has 0 spiro atoms. The molecule has 1 rings (SSSR count). The summed E-state index contributed by atoms with van der Waals surface area (Å²) in [4.78, 5) is 0. The van der Waals surface area contributed by atoms with Crippen molar-refractivity contribution in [1.82, 2.24) is 0 Å². The van der Waals surface area contributed by atoms with E-state index in [4.69, 9.17) is 11.6 Å². The summed E-state index contributed by atoms with van der Waals surface area (Å²) in [5, 5.41) is 0.192. The number of unbranched alkanes of at least 4 members (excludes halogenated alkanes) is 2. The molecule has 0 nitrogen and oxygen atoms in total. The van der Waals surface area contributed by atoms with Gasteiger partial charge in [-0.3, -0.25) is 0 Å². The topological polar surface area (TPSA) is 0 Å². The van der Waals surface area contributed by atoms with Crippen LogP contribution in [0.15, 0.2) is 18.2 Å². The predicted molar refractivity (Wildman–Crippen MR) is 68.7 cm³/mol. The molecule has 0 fully saturated rings. The quantitative estimate of drug-likeness (QED) is 0.479. The zero-order chi connectivity index (χ0) is 11.3. The molecule has 0 saturated carbocycles. The van der Waals surface area contributed by atoms with Crippen molar-refractivity contribution in [2.24, 2.45) is 0 Å². The summed E-state index contributed by atoms with van der Waals surface area (Å²) in [7, 11) is 0. The highest BCUT2D eigenvalue weighted by Crippen LogP contribution is 2.29. The minimum atomic E-state index is 0.192. The Morgan fingerprint density at radius 3 is 2.53 bits per heavy atom. The van der Waals surface area contributed by atoms with Crippen molar-refractivity contribution in [3.63, 3.8) is 0 Å². The summed E-state index contributed by atoms with van der Waals surface area (Å²) in [6, 6.07) is 6.54. The molecule has 0 amide bonds. The van der Waals surface area contributed by atoms with Crippen molar-refractivity contribution >= 4 is 11.6 Å². The minimum Gasteiger partial charge on any atom is -0.118 e. The monoisotopic (exact) mass is 224 g/mol. The van der Waals surface area contributed by atoms with Crippen LogP contribution >= 0.6 is 11.6 Å². The van der Waals surface area contributed by atoms with Gasteiger partial charge < -0.3 is 0 Å². The van der Waals surface area contributed by atoms with Crippen molar-refractivity contribution < 1.29 is 0 Å². The first kappa shape index (κ1) is 12.6. The number of alkyl halides is 1. The molecule has 0 saturated heterocycles. The normalized spacial score (nSPS) is 12.8. The van der Waals surface area contributed by atoms with E-state index in [-0.39, 0.29) is 5.38 Å². The van der Waals surface area contributed by atoms with Crippen molar-refractivity contribution in [2.45, 2.75) is 51.8 Å². The van der Waals surface area contributed by atoms with Gasteiger partial charge in [0.2, 0.25) is 0 Å². The Morgan fingerprint density at radius 1 is 1.20 bits per heavy atom. The average Bonchev–Trinajstić information content (AvgIpc) is 2.17. The highest BCUT2D eigenvalue weighted by atomic mass is 35.5. The fraction of sp³-hybridized carbons (Fsp3) is 0.571. The smallest absolute Gasteiger partial charge is 0.0587 e. The summed E-state index contributed by atoms with van der Waals surface area (Å²) < 4.78 is 0. The van der Waals surface area contributed by atoms with Crippen LogP contribution in [0.5, 0.6) is 0 Å². The molecule has 84 valence electrons. The second kappa shape index (κ2) is 6.17. The minimum absolute atomic E-state index is 0.192. The molecule has 0 N–H and O–H groups in total. The van der Waals surface area contributed by atoms with E-state index in [0.29, 0.717) is 0 Å². The molecule has 1 heteroatoms. The molecule has 0 aromatic heterocycles. The largest absolute Gasteiger partial charge is 0.118 e. The van der Waals surface area contributed by atoms with Gasteiger partial charge in [-0.1, -0.05) is 49.9 Å². The Bertz CT molecular complexity index is 304. The molecule has 0 bridgehead atoms. The number of benzene rings is 1. The molecular formula is C14H21Cl. The lowest BCUT2D eigenvalue weighted by Crippen LogP contribution is -1.95. The predicted octanol–water partition coefficient (Wildman–Crippen LogP) is 5.16. The van der Waals surface area contributed by atoms with Gasteiger partial charge in [0.1, 0.15) is 0 Å². The van der Waals surface area contributed by atoms with E-state index in [1.165, 1.54) is 36.0 Å². The fourth-order valence-electron chi connectivity index (χ4n) is 1.91. The van der Waals surface area contributed by atoms with E-state index >= 15 is 0 Å². The number of aryl methyl sites for hydroxylation is 2. The van der Waals surface area contributed by atoms with E-state index in [0.717, 1.165) is 6.42 Å². The van der Waals surface area contributed by atoms with E-state index < -0.39 is 0 Å². The van der Waals surface area contributed by atoms with Crippen molar-refractivity contribution in [3.05, 3.63) is 34.9 Å². The second-order valence-corrected chi connectivity index (χ2v) is 4.85. The fourth-order valence-corrected chi connectivity index (χ4v) is 2.31. The second-order valence-electron chi connectivity index (χ2n) is 4.32. The summed E-state index contributed by atoms with van der Waals surface area (Å²) >= 11 is 6.40. The summed E-state index contributed by atoms with van der Waals surface area (Å²) in [5.41, 5.74) is 3.94.